The molecule has 0 saturated carbocycles. The minimum atomic E-state index is 0.589. The Morgan fingerprint density at radius 2 is 1.29 bits per heavy atom. The van der Waals surface area contributed by atoms with Crippen molar-refractivity contribution >= 4 is 28.4 Å². The summed E-state index contributed by atoms with van der Waals surface area (Å²) in [6.45, 7) is 4.28. The molecule has 6 aromatic rings. The maximum Gasteiger partial charge on any atom is 0.0803 e. The van der Waals surface area contributed by atoms with Crippen LogP contribution in [0.4, 0.5) is 0 Å². The fourth-order valence-corrected chi connectivity index (χ4v) is 4.71. The molecule has 0 fully saturated rings. The van der Waals surface area contributed by atoms with Crippen LogP contribution in [0.1, 0.15) is 5.56 Å². The third-order valence-corrected chi connectivity index (χ3v) is 6.39. The summed E-state index contributed by atoms with van der Waals surface area (Å²) in [4.78, 5) is 13.5. The predicted molar refractivity (Wildman–Crippen MR) is 147 cm³/mol. The van der Waals surface area contributed by atoms with Gasteiger partial charge in [-0.1, -0.05) is 72.8 Å². The highest BCUT2D eigenvalue weighted by atomic mass is 14.7. The molecule has 3 nitrogen and oxygen atoms in total. The van der Waals surface area contributed by atoms with Crippen molar-refractivity contribution in [2.75, 3.05) is 0 Å². The van der Waals surface area contributed by atoms with E-state index in [9.17, 15) is 0 Å². The van der Waals surface area contributed by atoms with E-state index in [0.29, 0.717) is 6.54 Å². The average Bonchev–Trinajstić information content (AvgIpc) is 2.93. The summed E-state index contributed by atoms with van der Waals surface area (Å²) in [6, 6.07) is 36.1. The molecule has 2 heterocycles. The van der Waals surface area contributed by atoms with Crippen LogP contribution in [-0.2, 0) is 6.54 Å². The van der Waals surface area contributed by atoms with Crippen LogP contribution >= 0.6 is 0 Å². The van der Waals surface area contributed by atoms with Crippen molar-refractivity contribution in [2.24, 2.45) is 4.99 Å². The zero-order chi connectivity index (χ0) is 23.6. The van der Waals surface area contributed by atoms with E-state index in [1.165, 1.54) is 16.5 Å². The molecule has 0 amide bonds. The molecule has 0 bridgehead atoms. The number of fused-ring (bicyclic) bond motifs is 3. The van der Waals surface area contributed by atoms with Crippen LogP contribution in [0.3, 0.4) is 0 Å². The topological polar surface area (TPSA) is 38.1 Å². The van der Waals surface area contributed by atoms with E-state index in [1.54, 1.807) is 0 Å². The van der Waals surface area contributed by atoms with E-state index < -0.39 is 0 Å². The molecule has 0 aliphatic rings. The lowest BCUT2D eigenvalue weighted by Gasteiger charge is -2.12. The molecule has 0 N–H and O–H groups in total. The summed E-state index contributed by atoms with van der Waals surface area (Å²) in [6.07, 6.45) is 3.76. The molecule has 0 radical (unpaired) electrons. The van der Waals surface area contributed by atoms with Crippen molar-refractivity contribution in [1.29, 1.82) is 0 Å². The zero-order valence-corrected chi connectivity index (χ0v) is 19.2. The van der Waals surface area contributed by atoms with Gasteiger partial charge in [0.25, 0.3) is 0 Å². The Hall–Kier alpha value is -4.63. The van der Waals surface area contributed by atoms with Gasteiger partial charge in [0.2, 0.25) is 0 Å². The van der Waals surface area contributed by atoms with Gasteiger partial charge in [-0.3, -0.25) is 9.98 Å². The number of para-hydroxylation sites is 1. The number of aliphatic imine (C=N–C) groups is 1. The lowest BCUT2D eigenvalue weighted by atomic mass is 9.95. The molecule has 0 aliphatic carbocycles. The number of benzene rings is 4. The SMILES string of the molecule is C=NCc1cc(-c2ccccc2)cc(-c2ccc(-c3nc4ccccc4c4ccncc34)cc2)c1. The average molecular weight is 450 g/mol. The van der Waals surface area contributed by atoms with E-state index in [4.69, 9.17) is 4.98 Å². The Labute approximate surface area is 204 Å². The number of rotatable bonds is 5. The summed E-state index contributed by atoms with van der Waals surface area (Å²) in [5.74, 6) is 0. The van der Waals surface area contributed by atoms with Gasteiger partial charge in [-0.2, -0.15) is 0 Å². The van der Waals surface area contributed by atoms with E-state index in [1.807, 2.05) is 24.5 Å². The highest BCUT2D eigenvalue weighted by Gasteiger charge is 2.11. The third kappa shape index (κ3) is 3.98. The minimum Gasteiger partial charge on any atom is -0.296 e. The van der Waals surface area contributed by atoms with Gasteiger partial charge in [0, 0.05) is 28.7 Å². The smallest absolute Gasteiger partial charge is 0.0803 e. The fourth-order valence-electron chi connectivity index (χ4n) is 4.71. The highest BCUT2D eigenvalue weighted by Crippen LogP contribution is 2.34. The number of hydrogen-bond donors (Lipinski definition) is 0. The first-order chi connectivity index (χ1) is 17.3. The van der Waals surface area contributed by atoms with E-state index in [2.05, 4.69) is 108 Å². The molecule has 6 rings (SSSR count). The third-order valence-electron chi connectivity index (χ3n) is 6.39. The number of hydrogen-bond acceptors (Lipinski definition) is 3. The van der Waals surface area contributed by atoms with E-state index >= 15 is 0 Å². The van der Waals surface area contributed by atoms with Crippen LogP contribution in [0.15, 0.2) is 121 Å². The Morgan fingerprint density at radius 1 is 0.600 bits per heavy atom. The van der Waals surface area contributed by atoms with Crippen molar-refractivity contribution in [3.8, 4) is 33.5 Å². The maximum atomic E-state index is 5.01. The molecular formula is C32H23N3. The lowest BCUT2D eigenvalue weighted by molar-refractivity contribution is 1.08. The largest absolute Gasteiger partial charge is 0.296 e. The molecule has 4 aromatic carbocycles. The first kappa shape index (κ1) is 20.9. The van der Waals surface area contributed by atoms with Gasteiger partial charge in [0.05, 0.1) is 17.8 Å². The van der Waals surface area contributed by atoms with Gasteiger partial charge >= 0.3 is 0 Å². The zero-order valence-electron chi connectivity index (χ0n) is 19.2. The summed E-state index contributed by atoms with van der Waals surface area (Å²) in [5.41, 5.74) is 8.85. The maximum absolute atomic E-state index is 5.01. The Bertz CT molecular complexity index is 1670. The van der Waals surface area contributed by atoms with Crippen LogP contribution < -0.4 is 0 Å². The van der Waals surface area contributed by atoms with Crippen LogP contribution in [0.25, 0.3) is 55.2 Å². The summed E-state index contributed by atoms with van der Waals surface area (Å²) in [5, 5.41) is 3.37. The Morgan fingerprint density at radius 3 is 2.06 bits per heavy atom. The standard InChI is InChI=1S/C32H23N3/c1-33-20-22-17-26(23-7-3-2-4-8-23)19-27(18-22)24-11-13-25(14-12-24)32-30-21-34-16-15-28(30)29-9-5-6-10-31(29)35-32/h2-19,21H,1,20H2. The van der Waals surface area contributed by atoms with Crippen molar-refractivity contribution in [1.82, 2.24) is 9.97 Å². The first-order valence-electron chi connectivity index (χ1n) is 11.7. The molecule has 0 saturated heterocycles. The van der Waals surface area contributed by atoms with Crippen molar-refractivity contribution < 1.29 is 0 Å². The van der Waals surface area contributed by atoms with Gasteiger partial charge in [-0.25, -0.2) is 4.98 Å². The van der Waals surface area contributed by atoms with Gasteiger partial charge < -0.3 is 0 Å². The van der Waals surface area contributed by atoms with Crippen molar-refractivity contribution in [3.05, 3.63) is 121 Å². The molecule has 3 heteroatoms. The second kappa shape index (κ2) is 8.96. The minimum absolute atomic E-state index is 0.589. The number of pyridine rings is 2. The predicted octanol–water partition coefficient (Wildman–Crippen LogP) is 7.98. The summed E-state index contributed by atoms with van der Waals surface area (Å²) >= 11 is 0. The van der Waals surface area contributed by atoms with E-state index in [-0.39, 0.29) is 0 Å². The van der Waals surface area contributed by atoms with Crippen LogP contribution in [0.2, 0.25) is 0 Å². The van der Waals surface area contributed by atoms with Gasteiger partial charge in [0.15, 0.2) is 0 Å². The second-order valence-electron chi connectivity index (χ2n) is 8.64. The first-order valence-corrected chi connectivity index (χ1v) is 11.7. The fraction of sp³-hybridized carbons (Fsp3) is 0.0312. The quantitative estimate of drug-likeness (QED) is 0.198. The highest BCUT2D eigenvalue weighted by molar-refractivity contribution is 6.10. The Balaban J connectivity index is 1.45. The molecule has 0 spiro atoms. The Kier molecular flexibility index (Phi) is 5.36. The molecule has 0 unspecified atom stereocenters. The summed E-state index contributed by atoms with van der Waals surface area (Å²) in [7, 11) is 0. The van der Waals surface area contributed by atoms with Gasteiger partial charge in [0.1, 0.15) is 0 Å². The van der Waals surface area contributed by atoms with Crippen LogP contribution in [0, 0.1) is 0 Å². The monoisotopic (exact) mass is 449 g/mol. The molecule has 0 aliphatic heterocycles. The molecule has 166 valence electrons. The molecular weight excluding hydrogens is 426 g/mol. The molecule has 0 atom stereocenters. The summed E-state index contributed by atoms with van der Waals surface area (Å²) < 4.78 is 0. The van der Waals surface area contributed by atoms with Crippen LogP contribution in [0.5, 0.6) is 0 Å². The lowest BCUT2D eigenvalue weighted by Crippen LogP contribution is -1.91. The van der Waals surface area contributed by atoms with E-state index in [0.717, 1.165) is 44.2 Å². The normalized spacial score (nSPS) is 11.1. The number of nitrogens with zero attached hydrogens (tertiary/aromatic N) is 3. The van der Waals surface area contributed by atoms with Gasteiger partial charge in [-0.15, -0.1) is 0 Å². The van der Waals surface area contributed by atoms with Gasteiger partial charge in [-0.05, 0) is 70.3 Å². The molecule has 2 aromatic heterocycles. The number of aromatic nitrogens is 2. The van der Waals surface area contributed by atoms with Crippen molar-refractivity contribution in [3.63, 3.8) is 0 Å². The van der Waals surface area contributed by atoms with Crippen LogP contribution in [-0.4, -0.2) is 16.7 Å². The second-order valence-corrected chi connectivity index (χ2v) is 8.64. The molecule has 35 heavy (non-hydrogen) atoms. The van der Waals surface area contributed by atoms with Crippen molar-refractivity contribution in [2.45, 2.75) is 6.54 Å².